The lowest BCUT2D eigenvalue weighted by Gasteiger charge is -2.12. The topological polar surface area (TPSA) is 138 Å². The van der Waals surface area contributed by atoms with Crippen LogP contribution in [0, 0.1) is 0 Å². The van der Waals surface area contributed by atoms with Gasteiger partial charge in [-0.3, -0.25) is 0 Å². The Morgan fingerprint density at radius 2 is 0.889 bits per heavy atom. The summed E-state index contributed by atoms with van der Waals surface area (Å²) in [6, 6.07) is 28.0. The van der Waals surface area contributed by atoms with Crippen molar-refractivity contribution in [1.29, 1.82) is 0 Å². The summed E-state index contributed by atoms with van der Waals surface area (Å²) in [6.07, 6.45) is 0. The Morgan fingerprint density at radius 3 is 1.33 bits per heavy atom. The summed E-state index contributed by atoms with van der Waals surface area (Å²) in [5, 5.41) is 19.3. The number of aromatic hydroxyl groups is 2. The molecule has 0 amide bonds. The number of phenols is 2. The molecule has 0 unspecified atom stereocenters. The lowest BCUT2D eigenvalue weighted by Crippen LogP contribution is -2.11. The van der Waals surface area contributed by atoms with E-state index in [0.717, 1.165) is 11.1 Å². The molecule has 0 heterocycles. The van der Waals surface area contributed by atoms with Crippen molar-refractivity contribution in [3.8, 4) is 51.4 Å². The van der Waals surface area contributed by atoms with Crippen molar-refractivity contribution >= 4 is 17.9 Å². The van der Waals surface area contributed by atoms with E-state index in [2.05, 4.69) is 0 Å². The summed E-state index contributed by atoms with van der Waals surface area (Å²) >= 11 is 0. The summed E-state index contributed by atoms with van der Waals surface area (Å²) in [5.41, 5.74) is 2.30. The van der Waals surface area contributed by atoms with E-state index in [-0.39, 0.29) is 39.9 Å². The molecule has 5 aromatic carbocycles. The molecule has 0 spiro atoms. The Morgan fingerprint density at radius 1 is 0.489 bits per heavy atom. The highest BCUT2D eigenvalue weighted by Crippen LogP contribution is 2.34. The first-order valence-corrected chi connectivity index (χ1v) is 13.4. The van der Waals surface area contributed by atoms with Gasteiger partial charge in [-0.05, 0) is 83.9 Å². The number of methoxy groups -OCH3 is 2. The van der Waals surface area contributed by atoms with E-state index in [1.165, 1.54) is 74.9 Å². The summed E-state index contributed by atoms with van der Waals surface area (Å²) in [4.78, 5) is 37.7. The molecule has 0 aliphatic heterocycles. The van der Waals surface area contributed by atoms with Crippen LogP contribution in [0.1, 0.15) is 31.1 Å². The molecule has 0 fully saturated rings. The van der Waals surface area contributed by atoms with Gasteiger partial charge in [0.15, 0.2) is 11.5 Å². The molecule has 0 aliphatic carbocycles. The predicted molar refractivity (Wildman–Crippen MR) is 163 cm³/mol. The van der Waals surface area contributed by atoms with Crippen LogP contribution < -0.4 is 23.7 Å². The zero-order valence-corrected chi connectivity index (χ0v) is 24.1. The number of esters is 3. The highest BCUT2D eigenvalue weighted by Gasteiger charge is 2.19. The minimum atomic E-state index is -0.745. The Kier molecular flexibility index (Phi) is 8.95. The molecule has 10 heteroatoms. The quantitative estimate of drug-likeness (QED) is 0.142. The van der Waals surface area contributed by atoms with E-state index in [4.69, 9.17) is 23.7 Å². The second kappa shape index (κ2) is 13.3. The van der Waals surface area contributed by atoms with Crippen LogP contribution in [-0.2, 0) is 0 Å². The van der Waals surface area contributed by atoms with Crippen LogP contribution in [0.3, 0.4) is 0 Å². The van der Waals surface area contributed by atoms with Gasteiger partial charge in [-0.2, -0.15) is 0 Å². The lowest BCUT2D eigenvalue weighted by atomic mass is 10.1. The van der Waals surface area contributed by atoms with Gasteiger partial charge in [-0.15, -0.1) is 0 Å². The first kappa shape index (κ1) is 30.2. The van der Waals surface area contributed by atoms with Gasteiger partial charge in [0.25, 0.3) is 0 Å². The number of carbonyl (C=O) groups is 3. The summed E-state index contributed by atoms with van der Waals surface area (Å²) < 4.78 is 26.5. The van der Waals surface area contributed by atoms with Gasteiger partial charge in [0, 0.05) is 12.1 Å². The molecule has 2 N–H and O–H groups in total. The zero-order chi connectivity index (χ0) is 31.9. The van der Waals surface area contributed by atoms with Gasteiger partial charge >= 0.3 is 17.9 Å². The molecule has 0 aromatic heterocycles. The standard InChI is InChI=1S/C35H26O10/c1-41-31-20-30(37)32(42-2)19-29(31)35(40)45-28-17-9-24(10-18-28)34(39)44-27-15-7-22(8-16-27)21-5-13-26(14-6-21)43-33(38)23-3-11-25(36)12-4-23/h3-20,36-37H,1-2H3. The monoisotopic (exact) mass is 606 g/mol. The highest BCUT2D eigenvalue weighted by atomic mass is 16.5. The van der Waals surface area contributed by atoms with E-state index in [1.54, 1.807) is 48.5 Å². The molecule has 0 bridgehead atoms. The van der Waals surface area contributed by atoms with Crippen LogP contribution in [-0.4, -0.2) is 42.3 Å². The van der Waals surface area contributed by atoms with Crippen molar-refractivity contribution in [3.63, 3.8) is 0 Å². The average Bonchev–Trinajstić information content (AvgIpc) is 3.06. The van der Waals surface area contributed by atoms with E-state index < -0.39 is 17.9 Å². The van der Waals surface area contributed by atoms with E-state index in [0.29, 0.717) is 17.1 Å². The van der Waals surface area contributed by atoms with E-state index in [9.17, 15) is 24.6 Å². The van der Waals surface area contributed by atoms with E-state index >= 15 is 0 Å². The van der Waals surface area contributed by atoms with Gasteiger partial charge in [0.2, 0.25) is 0 Å². The third kappa shape index (κ3) is 7.20. The number of benzene rings is 5. The van der Waals surface area contributed by atoms with Gasteiger partial charge in [0.05, 0.1) is 25.3 Å². The first-order valence-electron chi connectivity index (χ1n) is 13.4. The number of hydrogen-bond donors (Lipinski definition) is 2. The maximum Gasteiger partial charge on any atom is 0.347 e. The molecule has 0 saturated heterocycles. The Bertz CT molecular complexity index is 1830. The highest BCUT2D eigenvalue weighted by molar-refractivity contribution is 5.95. The predicted octanol–water partition coefficient (Wildman–Crippen LogP) is 6.44. The molecule has 5 aromatic rings. The molecule has 45 heavy (non-hydrogen) atoms. The molecule has 0 saturated carbocycles. The van der Waals surface area contributed by atoms with Gasteiger partial charge in [0.1, 0.15) is 34.3 Å². The third-order valence-electron chi connectivity index (χ3n) is 6.59. The first-order chi connectivity index (χ1) is 21.7. The summed E-state index contributed by atoms with van der Waals surface area (Å²) in [5.74, 6) is -0.971. The number of phenolic OH excluding ortho intramolecular Hbond substituents is 2. The molecule has 10 nitrogen and oxygen atoms in total. The van der Waals surface area contributed by atoms with Crippen molar-refractivity contribution in [3.05, 3.63) is 126 Å². The van der Waals surface area contributed by atoms with Gasteiger partial charge < -0.3 is 33.9 Å². The zero-order valence-electron chi connectivity index (χ0n) is 24.1. The Hall–Kier alpha value is -6.29. The van der Waals surface area contributed by atoms with Gasteiger partial charge in [-0.1, -0.05) is 24.3 Å². The smallest absolute Gasteiger partial charge is 0.347 e. The van der Waals surface area contributed by atoms with Crippen molar-refractivity contribution in [1.82, 2.24) is 0 Å². The summed E-state index contributed by atoms with van der Waals surface area (Å²) in [6.45, 7) is 0. The molecule has 0 aliphatic rings. The van der Waals surface area contributed by atoms with Crippen LogP contribution >= 0.6 is 0 Å². The third-order valence-corrected chi connectivity index (χ3v) is 6.59. The van der Waals surface area contributed by atoms with Crippen LogP contribution in [0.5, 0.6) is 40.2 Å². The fourth-order valence-corrected chi connectivity index (χ4v) is 4.22. The van der Waals surface area contributed by atoms with Crippen molar-refractivity contribution < 1.29 is 48.3 Å². The van der Waals surface area contributed by atoms with Gasteiger partial charge in [-0.25, -0.2) is 14.4 Å². The van der Waals surface area contributed by atoms with Crippen LogP contribution in [0.25, 0.3) is 11.1 Å². The maximum absolute atomic E-state index is 12.7. The number of ether oxygens (including phenoxy) is 5. The molecular weight excluding hydrogens is 580 g/mol. The second-order valence-corrected chi connectivity index (χ2v) is 9.51. The molecule has 0 radical (unpaired) electrons. The number of rotatable bonds is 9. The Labute approximate surface area is 257 Å². The second-order valence-electron chi connectivity index (χ2n) is 9.51. The fourth-order valence-electron chi connectivity index (χ4n) is 4.22. The number of hydrogen-bond acceptors (Lipinski definition) is 10. The molecule has 0 atom stereocenters. The van der Waals surface area contributed by atoms with Crippen LogP contribution in [0.4, 0.5) is 0 Å². The van der Waals surface area contributed by atoms with Crippen molar-refractivity contribution in [2.24, 2.45) is 0 Å². The molecule has 226 valence electrons. The normalized spacial score (nSPS) is 10.4. The van der Waals surface area contributed by atoms with Crippen LogP contribution in [0.2, 0.25) is 0 Å². The van der Waals surface area contributed by atoms with Crippen LogP contribution in [0.15, 0.2) is 109 Å². The van der Waals surface area contributed by atoms with Crippen molar-refractivity contribution in [2.45, 2.75) is 0 Å². The largest absolute Gasteiger partial charge is 0.508 e. The Balaban J connectivity index is 1.17. The molecular formula is C35H26O10. The number of carbonyl (C=O) groups excluding carboxylic acids is 3. The minimum absolute atomic E-state index is 0.0454. The SMILES string of the molecule is COc1cc(C(=O)Oc2ccc(C(=O)Oc3ccc(-c4ccc(OC(=O)c5ccc(O)cc5)cc4)cc3)cc2)c(OC)cc1O. The maximum atomic E-state index is 12.7. The fraction of sp³-hybridized carbons (Fsp3) is 0.0571. The molecule has 5 rings (SSSR count). The average molecular weight is 607 g/mol. The summed E-state index contributed by atoms with van der Waals surface area (Å²) in [7, 11) is 2.71. The minimum Gasteiger partial charge on any atom is -0.508 e. The van der Waals surface area contributed by atoms with E-state index in [1.807, 2.05) is 0 Å². The lowest BCUT2D eigenvalue weighted by molar-refractivity contribution is 0.0722. The van der Waals surface area contributed by atoms with Crippen molar-refractivity contribution in [2.75, 3.05) is 14.2 Å².